The molecule has 1 fully saturated rings. The number of aliphatic carboxylic acids is 1. The summed E-state index contributed by atoms with van der Waals surface area (Å²) in [5.74, 6) is 0.464. The Labute approximate surface area is 214 Å². The Morgan fingerprint density at radius 1 is 1.22 bits per heavy atom. The maximum absolute atomic E-state index is 12.9. The summed E-state index contributed by atoms with van der Waals surface area (Å²) in [4.78, 5) is 32.0. The lowest BCUT2D eigenvalue weighted by Gasteiger charge is -2.27. The minimum atomic E-state index is -0.971. The molecule has 1 amide bonds. The summed E-state index contributed by atoms with van der Waals surface area (Å²) in [6, 6.07) is 13.3. The summed E-state index contributed by atoms with van der Waals surface area (Å²) in [5, 5.41) is 16.0. The molecule has 0 bridgehead atoms. The summed E-state index contributed by atoms with van der Waals surface area (Å²) < 4.78 is 0. The molecule has 1 aromatic heterocycles. The van der Waals surface area contributed by atoms with Crippen LogP contribution in [-0.4, -0.2) is 59.1 Å². The molecule has 2 aromatic rings. The SMILES string of the molecule is CC(C)(Cc1ccccc1)C(=O)N[C@@H](CCN1CC[C@@H](CCc2ccc3c(n2)NCCC3)C1)C(=O)O. The first-order valence-corrected chi connectivity index (χ1v) is 13.3. The molecule has 1 aromatic carbocycles. The number of nitrogens with one attached hydrogen (secondary N) is 2. The lowest BCUT2D eigenvalue weighted by atomic mass is 9.84. The van der Waals surface area contributed by atoms with E-state index in [4.69, 9.17) is 4.98 Å². The van der Waals surface area contributed by atoms with Crippen LogP contribution in [0.25, 0.3) is 0 Å². The van der Waals surface area contributed by atoms with Gasteiger partial charge in [0, 0.05) is 30.7 Å². The van der Waals surface area contributed by atoms with E-state index in [1.807, 2.05) is 44.2 Å². The van der Waals surface area contributed by atoms with Crippen LogP contribution in [0.15, 0.2) is 42.5 Å². The van der Waals surface area contributed by atoms with Gasteiger partial charge < -0.3 is 20.6 Å². The second kappa shape index (κ2) is 11.9. The van der Waals surface area contributed by atoms with Crippen LogP contribution in [0.2, 0.25) is 0 Å². The molecule has 194 valence electrons. The predicted octanol–water partition coefficient (Wildman–Crippen LogP) is 3.92. The number of aromatic nitrogens is 1. The number of rotatable bonds is 11. The van der Waals surface area contributed by atoms with Crippen molar-refractivity contribution in [2.45, 2.75) is 64.8 Å². The van der Waals surface area contributed by atoms with Gasteiger partial charge in [-0.1, -0.05) is 50.2 Å². The Balaban J connectivity index is 1.22. The van der Waals surface area contributed by atoms with Gasteiger partial charge in [0.1, 0.15) is 11.9 Å². The van der Waals surface area contributed by atoms with Crippen LogP contribution in [0.4, 0.5) is 5.82 Å². The highest BCUT2D eigenvalue weighted by atomic mass is 16.4. The van der Waals surface area contributed by atoms with E-state index in [1.165, 1.54) is 12.0 Å². The van der Waals surface area contributed by atoms with Crippen molar-refractivity contribution < 1.29 is 14.7 Å². The number of carboxylic acids is 1. The van der Waals surface area contributed by atoms with Crippen LogP contribution in [0.5, 0.6) is 0 Å². The zero-order chi connectivity index (χ0) is 25.5. The molecule has 3 heterocycles. The van der Waals surface area contributed by atoms with E-state index < -0.39 is 17.4 Å². The number of carboxylic acid groups (broad SMARTS) is 1. The molecule has 36 heavy (non-hydrogen) atoms. The number of hydrogen-bond acceptors (Lipinski definition) is 5. The molecular weight excluding hydrogens is 452 g/mol. The molecule has 0 spiro atoms. The van der Waals surface area contributed by atoms with Gasteiger partial charge in [-0.05, 0) is 74.6 Å². The lowest BCUT2D eigenvalue weighted by Crippen LogP contribution is -2.48. The molecule has 0 radical (unpaired) electrons. The number of benzene rings is 1. The van der Waals surface area contributed by atoms with Crippen molar-refractivity contribution in [3.8, 4) is 0 Å². The molecule has 7 heteroatoms. The Kier molecular flexibility index (Phi) is 8.62. The molecule has 2 aliphatic rings. The third-order valence-electron chi connectivity index (χ3n) is 7.57. The van der Waals surface area contributed by atoms with Gasteiger partial charge in [0.2, 0.25) is 5.91 Å². The Bertz CT molecular complexity index is 1040. The summed E-state index contributed by atoms with van der Waals surface area (Å²) in [7, 11) is 0. The van der Waals surface area contributed by atoms with Crippen LogP contribution in [0.1, 0.15) is 56.4 Å². The van der Waals surface area contributed by atoms with Gasteiger partial charge in [-0.25, -0.2) is 9.78 Å². The molecule has 3 N–H and O–H groups in total. The molecule has 2 atom stereocenters. The lowest BCUT2D eigenvalue weighted by molar-refractivity contribution is -0.143. The standard InChI is InChI=1S/C29H40N4O3/c1-29(2,19-21-7-4-3-5-8-21)28(36)32-25(27(34)35)15-18-33-17-14-22(20-33)10-12-24-13-11-23-9-6-16-30-26(23)31-24/h3-5,7-8,11,13,22,25H,6,9-10,12,14-20H2,1-2H3,(H,30,31)(H,32,36)(H,34,35)/t22-,25+/m1/s1. The van der Waals surface area contributed by atoms with Crippen molar-refractivity contribution in [2.24, 2.45) is 11.3 Å². The Hall–Kier alpha value is -2.93. The number of pyridine rings is 1. The zero-order valence-electron chi connectivity index (χ0n) is 21.6. The molecule has 0 aliphatic carbocycles. The first-order valence-electron chi connectivity index (χ1n) is 13.3. The molecule has 0 unspecified atom stereocenters. The number of amides is 1. The number of nitrogens with zero attached hydrogens (tertiary/aromatic N) is 2. The first-order chi connectivity index (χ1) is 17.3. The molecule has 1 saturated heterocycles. The van der Waals surface area contributed by atoms with E-state index in [0.717, 1.165) is 62.4 Å². The maximum Gasteiger partial charge on any atom is 0.326 e. The highest BCUT2D eigenvalue weighted by Gasteiger charge is 2.32. The van der Waals surface area contributed by atoms with E-state index >= 15 is 0 Å². The van der Waals surface area contributed by atoms with Crippen molar-refractivity contribution in [1.29, 1.82) is 0 Å². The topological polar surface area (TPSA) is 94.6 Å². The summed E-state index contributed by atoms with van der Waals surface area (Å²) in [5.41, 5.74) is 2.84. The van der Waals surface area contributed by atoms with Gasteiger partial charge in [-0.3, -0.25) is 4.79 Å². The van der Waals surface area contributed by atoms with Gasteiger partial charge in [-0.2, -0.15) is 0 Å². The van der Waals surface area contributed by atoms with Gasteiger partial charge in [0.15, 0.2) is 0 Å². The van der Waals surface area contributed by atoms with Crippen LogP contribution in [0.3, 0.4) is 0 Å². The van der Waals surface area contributed by atoms with Gasteiger partial charge in [0.25, 0.3) is 0 Å². The minimum Gasteiger partial charge on any atom is -0.480 e. The molecular formula is C29H40N4O3. The second-order valence-corrected chi connectivity index (χ2v) is 11.0. The average Bonchev–Trinajstić information content (AvgIpc) is 3.33. The molecule has 4 rings (SSSR count). The van der Waals surface area contributed by atoms with E-state index in [1.54, 1.807) is 0 Å². The van der Waals surface area contributed by atoms with Crippen molar-refractivity contribution in [3.63, 3.8) is 0 Å². The van der Waals surface area contributed by atoms with Crippen LogP contribution < -0.4 is 10.6 Å². The Morgan fingerprint density at radius 2 is 2.03 bits per heavy atom. The average molecular weight is 493 g/mol. The fourth-order valence-corrected chi connectivity index (χ4v) is 5.32. The second-order valence-electron chi connectivity index (χ2n) is 11.0. The minimum absolute atomic E-state index is 0.218. The van der Waals surface area contributed by atoms with Gasteiger partial charge in [0.05, 0.1) is 0 Å². The van der Waals surface area contributed by atoms with E-state index in [2.05, 4.69) is 27.7 Å². The highest BCUT2D eigenvalue weighted by molar-refractivity contribution is 5.87. The third-order valence-corrected chi connectivity index (χ3v) is 7.57. The number of fused-ring (bicyclic) bond motifs is 1. The number of carbonyl (C=O) groups excluding carboxylic acids is 1. The summed E-state index contributed by atoms with van der Waals surface area (Å²) in [6.45, 7) is 7.36. The zero-order valence-corrected chi connectivity index (χ0v) is 21.6. The molecule has 0 saturated carbocycles. The first kappa shape index (κ1) is 26.1. The quantitative estimate of drug-likeness (QED) is 0.440. The number of hydrogen-bond donors (Lipinski definition) is 3. The van der Waals surface area contributed by atoms with Crippen LogP contribution in [-0.2, 0) is 28.9 Å². The van der Waals surface area contributed by atoms with Crippen LogP contribution in [0, 0.1) is 11.3 Å². The highest BCUT2D eigenvalue weighted by Crippen LogP contribution is 2.25. The number of anilines is 1. The normalized spacial score (nSPS) is 18.8. The third kappa shape index (κ3) is 7.06. The van der Waals surface area contributed by atoms with Crippen molar-refractivity contribution in [2.75, 3.05) is 31.5 Å². The van der Waals surface area contributed by atoms with Crippen molar-refractivity contribution >= 4 is 17.7 Å². The van der Waals surface area contributed by atoms with Gasteiger partial charge in [-0.15, -0.1) is 0 Å². The van der Waals surface area contributed by atoms with E-state index in [-0.39, 0.29) is 5.91 Å². The largest absolute Gasteiger partial charge is 0.480 e. The maximum atomic E-state index is 12.9. The smallest absolute Gasteiger partial charge is 0.326 e. The number of likely N-dealkylation sites (tertiary alicyclic amines) is 1. The summed E-state index contributed by atoms with van der Waals surface area (Å²) in [6.07, 6.45) is 6.44. The van der Waals surface area contributed by atoms with Crippen molar-refractivity contribution in [3.05, 3.63) is 59.3 Å². The van der Waals surface area contributed by atoms with Crippen LogP contribution >= 0.6 is 0 Å². The number of aryl methyl sites for hydroxylation is 2. The molecule has 2 aliphatic heterocycles. The monoisotopic (exact) mass is 492 g/mol. The fraction of sp³-hybridized carbons (Fsp3) is 0.552. The summed E-state index contributed by atoms with van der Waals surface area (Å²) >= 11 is 0. The van der Waals surface area contributed by atoms with E-state index in [9.17, 15) is 14.7 Å². The number of carbonyl (C=O) groups is 2. The predicted molar refractivity (Wildman–Crippen MR) is 142 cm³/mol. The molecule has 7 nitrogen and oxygen atoms in total. The Morgan fingerprint density at radius 3 is 2.81 bits per heavy atom. The fourth-order valence-electron chi connectivity index (χ4n) is 5.32. The van der Waals surface area contributed by atoms with Gasteiger partial charge >= 0.3 is 5.97 Å². The van der Waals surface area contributed by atoms with Crippen molar-refractivity contribution in [1.82, 2.24) is 15.2 Å². The van der Waals surface area contributed by atoms with E-state index in [0.29, 0.717) is 25.3 Å².